The summed E-state index contributed by atoms with van der Waals surface area (Å²) in [4.78, 5) is 26.2. The summed E-state index contributed by atoms with van der Waals surface area (Å²) in [6, 6.07) is 4.75. The van der Waals surface area contributed by atoms with Gasteiger partial charge in [0.2, 0.25) is 0 Å². The van der Waals surface area contributed by atoms with Crippen LogP contribution in [0.15, 0.2) is 27.4 Å². The normalized spacial score (nSPS) is 17.4. The van der Waals surface area contributed by atoms with Gasteiger partial charge < -0.3 is 9.73 Å². The number of rotatable bonds is 4. The highest BCUT2D eigenvalue weighted by atomic mass is 32.2. The smallest absolute Gasteiger partial charge is 0.408 e. The van der Waals surface area contributed by atoms with Crippen LogP contribution in [0.3, 0.4) is 0 Å². The van der Waals surface area contributed by atoms with Crippen molar-refractivity contribution in [3.63, 3.8) is 0 Å². The summed E-state index contributed by atoms with van der Waals surface area (Å²) in [5.74, 6) is -1.06. The van der Waals surface area contributed by atoms with E-state index in [4.69, 9.17) is 4.42 Å². The summed E-state index contributed by atoms with van der Waals surface area (Å²) in [6.07, 6.45) is 4.01. The first kappa shape index (κ1) is 15.8. The summed E-state index contributed by atoms with van der Waals surface area (Å²) in [5.41, 5.74) is 0.867. The Morgan fingerprint density at radius 3 is 2.70 bits per heavy atom. The van der Waals surface area contributed by atoms with Crippen LogP contribution >= 0.6 is 0 Å². The number of hydrogen-bond acceptors (Lipinski definition) is 5. The van der Waals surface area contributed by atoms with Gasteiger partial charge in [0.25, 0.3) is 5.91 Å². The fourth-order valence-electron chi connectivity index (χ4n) is 3.20. The number of hydrogen-bond donors (Lipinski definition) is 2. The molecule has 0 unspecified atom stereocenters. The Morgan fingerprint density at radius 2 is 2.04 bits per heavy atom. The van der Waals surface area contributed by atoms with Crippen LogP contribution in [0.4, 0.5) is 0 Å². The molecule has 0 bridgehead atoms. The summed E-state index contributed by atoms with van der Waals surface area (Å²) >= 11 is 0. The van der Waals surface area contributed by atoms with Crippen LogP contribution in [0.5, 0.6) is 0 Å². The molecule has 1 aliphatic rings. The maximum atomic E-state index is 12.4. The molecule has 1 aromatic carbocycles. The first-order valence-corrected chi connectivity index (χ1v) is 9.31. The number of oxazole rings is 1. The quantitative estimate of drug-likeness (QED) is 0.871. The molecule has 23 heavy (non-hydrogen) atoms. The Hall–Kier alpha value is -2.09. The van der Waals surface area contributed by atoms with Crippen LogP contribution in [0.2, 0.25) is 0 Å². The van der Waals surface area contributed by atoms with Crippen molar-refractivity contribution in [2.45, 2.75) is 30.4 Å². The van der Waals surface area contributed by atoms with E-state index in [2.05, 4.69) is 10.3 Å². The fourth-order valence-corrected chi connectivity index (χ4v) is 4.56. The van der Waals surface area contributed by atoms with Gasteiger partial charge in [-0.2, -0.15) is 0 Å². The number of amides is 1. The molecule has 0 radical (unpaired) electrons. The van der Waals surface area contributed by atoms with Crippen molar-refractivity contribution in [3.8, 4) is 0 Å². The standard InChI is InChI=1S/C15H18N2O5S/c1-23(20,21)15(7-2-3-8-15)9-16-13(18)10-5-4-6-11-12(10)17-14(19)22-11/h4-6H,2-3,7-9H2,1H3,(H,16,18)(H,17,19). The van der Waals surface area contributed by atoms with Crippen LogP contribution in [-0.4, -0.2) is 36.9 Å². The van der Waals surface area contributed by atoms with E-state index in [1.807, 2.05) is 0 Å². The fraction of sp³-hybridized carbons (Fsp3) is 0.467. The number of nitrogens with one attached hydrogen (secondary N) is 2. The summed E-state index contributed by atoms with van der Waals surface area (Å²) < 4.78 is 28.2. The average molecular weight is 338 g/mol. The molecule has 1 fully saturated rings. The topological polar surface area (TPSA) is 109 Å². The Balaban J connectivity index is 1.85. The zero-order valence-corrected chi connectivity index (χ0v) is 13.5. The summed E-state index contributed by atoms with van der Waals surface area (Å²) in [7, 11) is -3.27. The minimum absolute atomic E-state index is 0.0726. The number of sulfone groups is 1. The maximum absolute atomic E-state index is 12.4. The maximum Gasteiger partial charge on any atom is 0.417 e. The Kier molecular flexibility index (Phi) is 3.79. The predicted molar refractivity (Wildman–Crippen MR) is 85.2 cm³/mol. The zero-order valence-electron chi connectivity index (χ0n) is 12.7. The highest BCUT2D eigenvalue weighted by Gasteiger charge is 2.43. The minimum atomic E-state index is -3.27. The Morgan fingerprint density at radius 1 is 1.35 bits per heavy atom. The van der Waals surface area contributed by atoms with Gasteiger partial charge in [0.15, 0.2) is 15.4 Å². The van der Waals surface area contributed by atoms with E-state index < -0.39 is 26.2 Å². The van der Waals surface area contributed by atoms with Crippen molar-refractivity contribution in [2.24, 2.45) is 0 Å². The molecule has 0 spiro atoms. The molecular formula is C15H18N2O5S. The minimum Gasteiger partial charge on any atom is -0.408 e. The van der Waals surface area contributed by atoms with Gasteiger partial charge in [0.1, 0.15) is 0 Å². The van der Waals surface area contributed by atoms with Crippen LogP contribution < -0.4 is 11.1 Å². The van der Waals surface area contributed by atoms with E-state index in [0.717, 1.165) is 12.8 Å². The van der Waals surface area contributed by atoms with Crippen molar-refractivity contribution in [2.75, 3.05) is 12.8 Å². The van der Waals surface area contributed by atoms with Gasteiger partial charge in [-0.1, -0.05) is 18.9 Å². The van der Waals surface area contributed by atoms with Crippen LogP contribution in [0.1, 0.15) is 36.0 Å². The third kappa shape index (κ3) is 2.78. The van der Waals surface area contributed by atoms with Gasteiger partial charge in [-0.05, 0) is 25.0 Å². The van der Waals surface area contributed by atoms with E-state index in [0.29, 0.717) is 23.9 Å². The molecule has 7 nitrogen and oxygen atoms in total. The van der Waals surface area contributed by atoms with Gasteiger partial charge in [0, 0.05) is 12.8 Å². The van der Waals surface area contributed by atoms with Crippen molar-refractivity contribution in [3.05, 3.63) is 34.3 Å². The lowest BCUT2D eigenvalue weighted by atomic mass is 10.1. The van der Waals surface area contributed by atoms with Crippen molar-refractivity contribution in [1.82, 2.24) is 10.3 Å². The van der Waals surface area contributed by atoms with E-state index in [-0.39, 0.29) is 12.1 Å². The lowest BCUT2D eigenvalue weighted by Gasteiger charge is -2.27. The largest absolute Gasteiger partial charge is 0.417 e. The van der Waals surface area contributed by atoms with E-state index in [1.54, 1.807) is 18.2 Å². The lowest BCUT2D eigenvalue weighted by molar-refractivity contribution is 0.0950. The van der Waals surface area contributed by atoms with Gasteiger partial charge in [-0.3, -0.25) is 9.78 Å². The summed E-state index contributed by atoms with van der Waals surface area (Å²) in [6.45, 7) is 0.0726. The highest BCUT2D eigenvalue weighted by Crippen LogP contribution is 2.36. The van der Waals surface area contributed by atoms with Crippen LogP contribution in [0.25, 0.3) is 11.1 Å². The highest BCUT2D eigenvalue weighted by molar-refractivity contribution is 7.92. The lowest BCUT2D eigenvalue weighted by Crippen LogP contribution is -2.46. The second-order valence-electron chi connectivity index (χ2n) is 6.04. The summed E-state index contributed by atoms with van der Waals surface area (Å²) in [5, 5.41) is 2.71. The molecule has 0 atom stereocenters. The van der Waals surface area contributed by atoms with Crippen LogP contribution in [0, 0.1) is 0 Å². The molecule has 124 valence electrons. The van der Waals surface area contributed by atoms with E-state index >= 15 is 0 Å². The zero-order chi connectivity index (χ0) is 16.7. The van der Waals surface area contributed by atoms with Crippen molar-refractivity contribution < 1.29 is 17.6 Å². The molecule has 3 rings (SSSR count). The van der Waals surface area contributed by atoms with Gasteiger partial charge >= 0.3 is 5.76 Å². The van der Waals surface area contributed by atoms with E-state index in [1.165, 1.54) is 6.26 Å². The Bertz CT molecular complexity index is 903. The van der Waals surface area contributed by atoms with E-state index in [9.17, 15) is 18.0 Å². The number of aromatic nitrogens is 1. The molecule has 1 amide bonds. The molecule has 8 heteroatoms. The molecule has 0 aliphatic heterocycles. The molecule has 2 aromatic rings. The number of carbonyl (C=O) groups excluding carboxylic acids is 1. The first-order chi connectivity index (χ1) is 10.8. The number of fused-ring (bicyclic) bond motifs is 1. The second kappa shape index (κ2) is 5.52. The third-order valence-corrected chi connectivity index (χ3v) is 6.70. The molecule has 1 saturated carbocycles. The molecule has 1 aliphatic carbocycles. The third-order valence-electron chi connectivity index (χ3n) is 4.57. The molecular weight excluding hydrogens is 320 g/mol. The average Bonchev–Trinajstić information content (AvgIpc) is 3.09. The van der Waals surface area contributed by atoms with Crippen molar-refractivity contribution in [1.29, 1.82) is 0 Å². The number of aromatic amines is 1. The molecule has 2 N–H and O–H groups in total. The first-order valence-electron chi connectivity index (χ1n) is 7.42. The van der Waals surface area contributed by atoms with Crippen molar-refractivity contribution >= 4 is 26.8 Å². The van der Waals surface area contributed by atoms with Gasteiger partial charge in [-0.15, -0.1) is 0 Å². The second-order valence-corrected chi connectivity index (χ2v) is 8.45. The molecule has 1 heterocycles. The number of carbonyl (C=O) groups is 1. The number of H-pyrrole nitrogens is 1. The molecule has 0 saturated heterocycles. The monoisotopic (exact) mass is 338 g/mol. The van der Waals surface area contributed by atoms with Crippen LogP contribution in [-0.2, 0) is 9.84 Å². The Labute approximate surface area is 133 Å². The van der Waals surface area contributed by atoms with Gasteiger partial charge in [0.05, 0.1) is 15.8 Å². The predicted octanol–water partition coefficient (Wildman–Crippen LogP) is 1.21. The molecule has 1 aromatic heterocycles. The van der Waals surface area contributed by atoms with Gasteiger partial charge in [-0.25, -0.2) is 13.2 Å². The number of para-hydroxylation sites is 1. The SMILES string of the molecule is CS(=O)(=O)C1(CNC(=O)c2cccc3oc(=O)[nH]c23)CCCC1. The number of benzene rings is 1.